The molecule has 0 saturated carbocycles. The smallest absolute Gasteiger partial charge is 0.204 e. The van der Waals surface area contributed by atoms with Crippen LogP contribution in [-0.2, 0) is 6.42 Å². The van der Waals surface area contributed by atoms with Gasteiger partial charge in [0.05, 0.1) is 11.1 Å². The highest BCUT2D eigenvalue weighted by molar-refractivity contribution is 5.68. The highest BCUT2D eigenvalue weighted by Gasteiger charge is 2.33. The van der Waals surface area contributed by atoms with Gasteiger partial charge in [-0.15, -0.1) is 0 Å². The normalized spacial score (nSPS) is 11.2. The molecule has 0 fully saturated rings. The summed E-state index contributed by atoms with van der Waals surface area (Å²) in [5, 5.41) is 8.86. The van der Waals surface area contributed by atoms with Gasteiger partial charge in [0.2, 0.25) is 11.6 Å². The molecule has 0 saturated heterocycles. The lowest BCUT2D eigenvalue weighted by atomic mass is 9.97. The number of hydrogen-bond acceptors (Lipinski definition) is 1. The third kappa shape index (κ3) is 2.91. The van der Waals surface area contributed by atoms with Crippen LogP contribution >= 0.6 is 0 Å². The van der Waals surface area contributed by atoms with Crippen molar-refractivity contribution in [1.29, 1.82) is 0 Å². The zero-order chi connectivity index (χ0) is 19.0. The molecular weight excluding hydrogens is 360 g/mol. The third-order valence-electron chi connectivity index (χ3n) is 3.62. The van der Waals surface area contributed by atoms with E-state index in [1.165, 1.54) is 0 Å². The van der Waals surface area contributed by atoms with Crippen molar-refractivity contribution in [1.82, 2.24) is 0 Å². The molecule has 2 aromatic carbocycles. The van der Waals surface area contributed by atoms with E-state index in [9.17, 15) is 35.1 Å². The minimum atomic E-state index is -2.39. The van der Waals surface area contributed by atoms with Crippen molar-refractivity contribution >= 4 is 0 Å². The molecule has 2 aromatic rings. The molecule has 9 heteroatoms. The van der Waals surface area contributed by atoms with E-state index in [0.29, 0.717) is 6.42 Å². The Kier molecular flexibility index (Phi) is 5.24. The van der Waals surface area contributed by atoms with Crippen LogP contribution in [0.25, 0.3) is 11.1 Å². The van der Waals surface area contributed by atoms with Gasteiger partial charge in [0.25, 0.3) is 0 Å². The zero-order valence-corrected chi connectivity index (χ0v) is 12.6. The van der Waals surface area contributed by atoms with Gasteiger partial charge in [-0.2, -0.15) is 8.78 Å². The minimum absolute atomic E-state index is 0.164. The van der Waals surface area contributed by atoms with E-state index < -0.39 is 75.4 Å². The Hall–Kier alpha value is -2.32. The molecule has 0 radical (unpaired) electrons. The Labute approximate surface area is 136 Å². The van der Waals surface area contributed by atoms with E-state index in [2.05, 4.69) is 0 Å². The topological polar surface area (TPSA) is 20.2 Å². The third-order valence-corrected chi connectivity index (χ3v) is 3.62. The number of phenols is 1. The van der Waals surface area contributed by atoms with Gasteiger partial charge in [-0.1, -0.05) is 13.3 Å². The summed E-state index contributed by atoms with van der Waals surface area (Å²) in [7, 11) is 0. The number of rotatable bonds is 4. The van der Waals surface area contributed by atoms with Crippen LogP contribution in [0.2, 0.25) is 0 Å². The van der Waals surface area contributed by atoms with E-state index in [1.54, 1.807) is 6.92 Å². The van der Waals surface area contributed by atoms with Gasteiger partial charge in [-0.05, 0) is 12.8 Å². The number of benzene rings is 2. The maximum absolute atomic E-state index is 14.1. The Bertz CT molecular complexity index is 789. The first-order valence-electron chi connectivity index (χ1n) is 7.05. The van der Waals surface area contributed by atoms with Gasteiger partial charge >= 0.3 is 0 Å². The van der Waals surface area contributed by atoms with Crippen molar-refractivity contribution in [3.05, 3.63) is 52.1 Å². The monoisotopic (exact) mass is 370 g/mol. The molecule has 0 aliphatic rings. The summed E-state index contributed by atoms with van der Waals surface area (Å²) < 4.78 is 111. The van der Waals surface area contributed by atoms with E-state index in [-0.39, 0.29) is 6.42 Å². The molecule has 1 nitrogen and oxygen atoms in total. The molecule has 2 rings (SSSR count). The molecule has 0 atom stereocenters. The average molecular weight is 370 g/mol. The lowest BCUT2D eigenvalue weighted by Crippen LogP contribution is -2.10. The van der Waals surface area contributed by atoms with Crippen LogP contribution in [0.4, 0.5) is 35.1 Å². The summed E-state index contributed by atoms with van der Waals surface area (Å²) in [6, 6.07) is 0. The molecule has 0 aromatic heterocycles. The van der Waals surface area contributed by atoms with Crippen molar-refractivity contribution in [3.63, 3.8) is 0 Å². The fourth-order valence-corrected chi connectivity index (χ4v) is 2.31. The van der Waals surface area contributed by atoms with Crippen molar-refractivity contribution in [2.45, 2.75) is 26.2 Å². The summed E-state index contributed by atoms with van der Waals surface area (Å²) in [5.74, 6) is -19.8. The SMILES string of the molecule is CCCCc1c(F)c(F)c(-c2c(F)c(F)c(O)c(F)c2F)c(F)c1F. The first-order chi connectivity index (χ1) is 11.6. The first-order valence-corrected chi connectivity index (χ1v) is 7.05. The van der Waals surface area contributed by atoms with E-state index in [0.717, 1.165) is 0 Å². The van der Waals surface area contributed by atoms with E-state index >= 15 is 0 Å². The molecule has 0 amide bonds. The van der Waals surface area contributed by atoms with Gasteiger partial charge < -0.3 is 5.11 Å². The van der Waals surface area contributed by atoms with Crippen molar-refractivity contribution in [2.24, 2.45) is 0 Å². The van der Waals surface area contributed by atoms with Crippen LogP contribution in [0, 0.1) is 46.5 Å². The van der Waals surface area contributed by atoms with Crippen LogP contribution in [-0.4, -0.2) is 5.11 Å². The molecule has 0 spiro atoms. The van der Waals surface area contributed by atoms with Crippen molar-refractivity contribution in [3.8, 4) is 16.9 Å². The Morgan fingerprint density at radius 3 is 1.32 bits per heavy atom. The van der Waals surface area contributed by atoms with Gasteiger partial charge in [-0.25, -0.2) is 26.3 Å². The summed E-state index contributed by atoms with van der Waals surface area (Å²) >= 11 is 0. The van der Waals surface area contributed by atoms with Gasteiger partial charge in [0.15, 0.2) is 40.7 Å². The van der Waals surface area contributed by atoms with Crippen LogP contribution in [0.1, 0.15) is 25.3 Å². The molecule has 0 bridgehead atoms. The largest absolute Gasteiger partial charge is 0.503 e. The maximum Gasteiger partial charge on any atom is 0.204 e. The highest BCUT2D eigenvalue weighted by Crippen LogP contribution is 2.39. The lowest BCUT2D eigenvalue weighted by Gasteiger charge is -2.14. The van der Waals surface area contributed by atoms with Crippen LogP contribution in [0.15, 0.2) is 0 Å². The summed E-state index contributed by atoms with van der Waals surface area (Å²) in [6.07, 6.45) is 0.199. The number of phenolic OH excluding ortho intramolecular Hbond substituents is 1. The fraction of sp³-hybridized carbons (Fsp3) is 0.250. The Balaban J connectivity index is 2.87. The second kappa shape index (κ2) is 6.89. The molecule has 0 aliphatic heterocycles. The summed E-state index contributed by atoms with van der Waals surface area (Å²) in [6.45, 7) is 1.64. The Morgan fingerprint density at radius 1 is 0.600 bits per heavy atom. The quantitative estimate of drug-likeness (QED) is 0.556. The van der Waals surface area contributed by atoms with Crippen molar-refractivity contribution < 1.29 is 40.2 Å². The molecule has 1 N–H and O–H groups in total. The fourth-order valence-electron chi connectivity index (χ4n) is 2.31. The standard InChI is InChI=1S/C16H10F8O/c1-2-3-4-5-8(17)10(19)6(11(20)9(5)18)7-12(21)14(23)16(25)15(24)13(7)22/h25H,2-4H2,1H3. The van der Waals surface area contributed by atoms with E-state index in [1.807, 2.05) is 0 Å². The predicted octanol–water partition coefficient (Wildman–Crippen LogP) is 5.51. The van der Waals surface area contributed by atoms with Crippen LogP contribution < -0.4 is 0 Å². The molecule has 0 aliphatic carbocycles. The minimum Gasteiger partial charge on any atom is -0.503 e. The number of hydrogen-bond donors (Lipinski definition) is 1. The highest BCUT2D eigenvalue weighted by atomic mass is 19.2. The van der Waals surface area contributed by atoms with Crippen molar-refractivity contribution in [2.75, 3.05) is 0 Å². The van der Waals surface area contributed by atoms with Gasteiger partial charge in [-0.3, -0.25) is 0 Å². The second-order valence-electron chi connectivity index (χ2n) is 5.19. The lowest BCUT2D eigenvalue weighted by molar-refractivity contribution is 0.357. The summed E-state index contributed by atoms with van der Waals surface area (Å²) in [5.41, 5.74) is -4.92. The number of unbranched alkanes of at least 4 members (excludes halogenated alkanes) is 1. The predicted molar refractivity (Wildman–Crippen MR) is 71.8 cm³/mol. The molecular formula is C16H10F8O. The maximum atomic E-state index is 14.1. The molecule has 0 heterocycles. The molecule has 0 unspecified atom stereocenters. The molecule has 25 heavy (non-hydrogen) atoms. The average Bonchev–Trinajstić information content (AvgIpc) is 2.59. The number of aromatic hydroxyl groups is 1. The van der Waals surface area contributed by atoms with Gasteiger partial charge in [0, 0.05) is 5.56 Å². The van der Waals surface area contributed by atoms with Crippen LogP contribution in [0.3, 0.4) is 0 Å². The zero-order valence-electron chi connectivity index (χ0n) is 12.6. The van der Waals surface area contributed by atoms with E-state index in [4.69, 9.17) is 5.11 Å². The van der Waals surface area contributed by atoms with Crippen LogP contribution in [0.5, 0.6) is 5.75 Å². The second-order valence-corrected chi connectivity index (χ2v) is 5.19. The van der Waals surface area contributed by atoms with Gasteiger partial charge in [0.1, 0.15) is 0 Å². The summed E-state index contributed by atoms with van der Waals surface area (Å²) in [4.78, 5) is 0. The first kappa shape index (κ1) is 19.0. The Morgan fingerprint density at radius 2 is 0.960 bits per heavy atom. The molecule has 136 valence electrons. The number of halogens is 8.